The molecule has 1 aliphatic rings. The van der Waals surface area contributed by atoms with Crippen molar-refractivity contribution in [2.24, 2.45) is 0 Å². The summed E-state index contributed by atoms with van der Waals surface area (Å²) in [5.74, 6) is 1.31. The van der Waals surface area contributed by atoms with E-state index < -0.39 is 11.7 Å². The first-order valence-corrected chi connectivity index (χ1v) is 8.81. The van der Waals surface area contributed by atoms with Gasteiger partial charge in [0.15, 0.2) is 0 Å². The maximum absolute atomic E-state index is 12.0. The summed E-state index contributed by atoms with van der Waals surface area (Å²) in [7, 11) is 0. The van der Waals surface area contributed by atoms with Gasteiger partial charge in [-0.25, -0.2) is 4.79 Å². The zero-order valence-electron chi connectivity index (χ0n) is 14.3. The van der Waals surface area contributed by atoms with Gasteiger partial charge in [-0.3, -0.25) is 4.79 Å². The zero-order chi connectivity index (χ0) is 17.5. The highest BCUT2D eigenvalue weighted by Crippen LogP contribution is 2.11. The third-order valence-corrected chi connectivity index (χ3v) is 3.95. The largest absolute Gasteiger partial charge is 0.444 e. The molecule has 0 radical (unpaired) electrons. The number of alkyl carbamates (subject to hydrolysis) is 1. The lowest BCUT2D eigenvalue weighted by Gasteiger charge is -2.26. The van der Waals surface area contributed by atoms with Crippen molar-refractivity contribution in [3.8, 4) is 0 Å². The molecule has 23 heavy (non-hydrogen) atoms. The molecule has 0 spiro atoms. The number of hydrogen-bond acceptors (Lipinski definition) is 5. The Balaban J connectivity index is 2.72. The van der Waals surface area contributed by atoms with E-state index in [-0.39, 0.29) is 18.0 Å². The number of carbonyl (C=O) groups excluding carboxylic acids is 2. The van der Waals surface area contributed by atoms with Crippen LogP contribution in [0.4, 0.5) is 4.79 Å². The number of rotatable bonds is 1. The minimum absolute atomic E-state index is 0.0689. The van der Waals surface area contributed by atoms with E-state index in [0.29, 0.717) is 18.0 Å². The molecular weight excluding hydrogens is 314 g/mol. The van der Waals surface area contributed by atoms with E-state index in [0.717, 1.165) is 5.75 Å². The molecule has 1 heterocycles. The Hall–Kier alpha value is -1.63. The Morgan fingerprint density at radius 1 is 1.48 bits per heavy atom. The fraction of sp³-hybridized carbons (Fsp3) is 0.625. The van der Waals surface area contributed by atoms with E-state index in [9.17, 15) is 9.59 Å². The van der Waals surface area contributed by atoms with Crippen molar-refractivity contribution in [2.45, 2.75) is 45.4 Å². The molecule has 0 aliphatic carbocycles. The molecule has 0 aromatic carbocycles. The molecule has 1 rings (SSSR count). The summed E-state index contributed by atoms with van der Waals surface area (Å²) in [6.07, 6.45) is 2.81. The van der Waals surface area contributed by atoms with E-state index in [1.807, 2.05) is 27.7 Å². The summed E-state index contributed by atoms with van der Waals surface area (Å²) in [6.45, 7) is 12.0. The molecule has 2 atom stereocenters. The van der Waals surface area contributed by atoms with Gasteiger partial charge in [0.2, 0.25) is 5.91 Å². The molecule has 0 aromatic heterocycles. The van der Waals surface area contributed by atoms with Crippen LogP contribution in [-0.4, -0.2) is 47.7 Å². The summed E-state index contributed by atoms with van der Waals surface area (Å²) in [5, 5.41) is 8.85. The van der Waals surface area contributed by atoms with E-state index in [4.69, 9.17) is 4.74 Å². The second kappa shape index (κ2) is 8.86. The fourth-order valence-electron chi connectivity index (χ4n) is 1.86. The first-order chi connectivity index (χ1) is 10.7. The molecular formula is C16H27N3O3S. The molecule has 3 N–H and O–H groups in total. The number of hydrogen-bond donors (Lipinski definition) is 3. The highest BCUT2D eigenvalue weighted by Gasteiger charge is 2.22. The van der Waals surface area contributed by atoms with Gasteiger partial charge in [-0.1, -0.05) is 12.7 Å². The number of amides is 2. The molecule has 0 unspecified atom stereocenters. The first kappa shape index (κ1) is 19.4. The quantitative estimate of drug-likeness (QED) is 0.678. The lowest BCUT2D eigenvalue weighted by molar-refractivity contribution is -0.116. The SMILES string of the molecule is C=C1N[C@@H](C)/C=C/C(=O)NCCSC[C@@H]1NC(=O)OC(C)(C)C. The van der Waals surface area contributed by atoms with E-state index >= 15 is 0 Å². The van der Waals surface area contributed by atoms with Gasteiger partial charge in [0.05, 0.1) is 6.04 Å². The number of nitrogens with one attached hydrogen (secondary N) is 3. The van der Waals surface area contributed by atoms with Crippen LogP contribution in [0.15, 0.2) is 24.4 Å². The predicted octanol–water partition coefficient (Wildman–Crippen LogP) is 1.79. The average molecular weight is 341 g/mol. The highest BCUT2D eigenvalue weighted by molar-refractivity contribution is 7.99. The van der Waals surface area contributed by atoms with Crippen LogP contribution in [0.1, 0.15) is 27.7 Å². The summed E-state index contributed by atoms with van der Waals surface area (Å²) in [4.78, 5) is 23.5. The normalized spacial score (nSPS) is 25.2. The molecule has 6 nitrogen and oxygen atoms in total. The topological polar surface area (TPSA) is 79.5 Å². The monoisotopic (exact) mass is 341 g/mol. The van der Waals surface area contributed by atoms with Gasteiger partial charge in [-0.05, 0) is 27.7 Å². The number of ether oxygens (including phenoxy) is 1. The first-order valence-electron chi connectivity index (χ1n) is 7.66. The van der Waals surface area contributed by atoms with Crippen molar-refractivity contribution in [2.75, 3.05) is 18.1 Å². The molecule has 1 aliphatic heterocycles. The van der Waals surface area contributed by atoms with Gasteiger partial charge in [-0.15, -0.1) is 0 Å². The molecule has 0 saturated carbocycles. The maximum atomic E-state index is 12.0. The second-order valence-corrected chi connectivity index (χ2v) is 7.53. The summed E-state index contributed by atoms with van der Waals surface area (Å²) in [6, 6.07) is -0.318. The third-order valence-electron chi connectivity index (χ3n) is 2.89. The molecule has 0 bridgehead atoms. The van der Waals surface area contributed by atoms with Crippen LogP contribution in [0.25, 0.3) is 0 Å². The van der Waals surface area contributed by atoms with E-state index in [2.05, 4.69) is 22.5 Å². The molecule has 7 heteroatoms. The van der Waals surface area contributed by atoms with Crippen LogP contribution in [-0.2, 0) is 9.53 Å². The van der Waals surface area contributed by atoms with E-state index in [1.54, 1.807) is 17.8 Å². The third kappa shape index (κ3) is 8.54. The number of carbonyl (C=O) groups is 2. The molecule has 130 valence electrons. The molecule has 2 amide bonds. The predicted molar refractivity (Wildman–Crippen MR) is 94.4 cm³/mol. The van der Waals surface area contributed by atoms with Gasteiger partial charge >= 0.3 is 6.09 Å². The van der Waals surface area contributed by atoms with Crippen molar-refractivity contribution in [3.05, 3.63) is 24.4 Å². The molecule has 0 saturated heterocycles. The Labute approximate surface area is 142 Å². The van der Waals surface area contributed by atoms with Gasteiger partial charge in [0.25, 0.3) is 0 Å². The number of thioether (sulfide) groups is 1. The minimum atomic E-state index is -0.544. The summed E-state index contributed by atoms with van der Waals surface area (Å²) in [5.41, 5.74) is 0.152. The van der Waals surface area contributed by atoms with Crippen molar-refractivity contribution in [1.82, 2.24) is 16.0 Å². The highest BCUT2D eigenvalue weighted by atomic mass is 32.2. The fourth-order valence-corrected chi connectivity index (χ4v) is 2.79. The lowest BCUT2D eigenvalue weighted by atomic mass is 10.2. The Morgan fingerprint density at radius 2 is 2.17 bits per heavy atom. The van der Waals surface area contributed by atoms with Crippen LogP contribution in [0.5, 0.6) is 0 Å². The van der Waals surface area contributed by atoms with Gasteiger partial charge < -0.3 is 20.7 Å². The van der Waals surface area contributed by atoms with Crippen LogP contribution in [0, 0.1) is 0 Å². The standard InChI is InChI=1S/C16H27N3O3S/c1-11-6-7-14(20)17-8-9-23-10-13(12(2)18-11)19-15(21)22-16(3,4)5/h6-7,11,13,18H,2,8-10H2,1,3-5H3,(H,17,20)(H,19,21)/b7-6+/t11-,13-/m0/s1. The van der Waals surface area contributed by atoms with Crippen molar-refractivity contribution >= 4 is 23.8 Å². The zero-order valence-corrected chi connectivity index (χ0v) is 15.1. The van der Waals surface area contributed by atoms with Crippen molar-refractivity contribution in [3.63, 3.8) is 0 Å². The minimum Gasteiger partial charge on any atom is -0.444 e. The van der Waals surface area contributed by atoms with Gasteiger partial charge in [0.1, 0.15) is 5.60 Å². The Bertz CT molecular complexity index is 472. The lowest BCUT2D eigenvalue weighted by Crippen LogP contribution is -2.45. The smallest absolute Gasteiger partial charge is 0.408 e. The maximum Gasteiger partial charge on any atom is 0.408 e. The average Bonchev–Trinajstić information content (AvgIpc) is 2.40. The van der Waals surface area contributed by atoms with Crippen molar-refractivity contribution in [1.29, 1.82) is 0 Å². The Morgan fingerprint density at radius 3 is 2.83 bits per heavy atom. The molecule has 0 fully saturated rings. The Kier molecular flexibility index (Phi) is 7.48. The summed E-state index contributed by atoms with van der Waals surface area (Å²) < 4.78 is 5.30. The van der Waals surface area contributed by atoms with E-state index in [1.165, 1.54) is 6.08 Å². The van der Waals surface area contributed by atoms with Crippen LogP contribution in [0.2, 0.25) is 0 Å². The second-order valence-electron chi connectivity index (χ2n) is 6.38. The van der Waals surface area contributed by atoms with Crippen LogP contribution < -0.4 is 16.0 Å². The van der Waals surface area contributed by atoms with Crippen molar-refractivity contribution < 1.29 is 14.3 Å². The van der Waals surface area contributed by atoms with Gasteiger partial charge in [-0.2, -0.15) is 11.8 Å². The summed E-state index contributed by atoms with van der Waals surface area (Å²) >= 11 is 1.63. The van der Waals surface area contributed by atoms with Gasteiger partial charge in [0, 0.05) is 35.9 Å². The van der Waals surface area contributed by atoms with Crippen LogP contribution >= 0.6 is 11.8 Å². The molecule has 0 aromatic rings. The van der Waals surface area contributed by atoms with Crippen LogP contribution in [0.3, 0.4) is 0 Å².